The summed E-state index contributed by atoms with van der Waals surface area (Å²) >= 11 is 6.14. The van der Waals surface area contributed by atoms with Gasteiger partial charge in [0.25, 0.3) is 0 Å². The summed E-state index contributed by atoms with van der Waals surface area (Å²) in [5.41, 5.74) is 6.20. The first-order chi connectivity index (χ1) is 9.24. The molecule has 2 aromatic carbocycles. The van der Waals surface area contributed by atoms with Gasteiger partial charge in [0.1, 0.15) is 0 Å². The minimum atomic E-state index is 0.807. The lowest BCUT2D eigenvalue weighted by Crippen LogP contribution is -2.03. The van der Waals surface area contributed by atoms with Crippen LogP contribution in [0.2, 0.25) is 5.02 Å². The Hall–Kier alpha value is -1.67. The first-order valence-electron chi connectivity index (χ1n) is 6.59. The molecule has 2 nitrogen and oxygen atoms in total. The molecule has 0 aromatic heterocycles. The maximum atomic E-state index is 6.14. The summed E-state index contributed by atoms with van der Waals surface area (Å²) in [6.07, 6.45) is 1.12. The average Bonchev–Trinajstić information content (AvgIpc) is 2.89. The number of hydrogen-bond donors (Lipinski definition) is 2. The molecule has 0 atom stereocenters. The minimum Gasteiger partial charge on any atom is -0.384 e. The van der Waals surface area contributed by atoms with Gasteiger partial charge in [-0.1, -0.05) is 35.9 Å². The monoisotopic (exact) mass is 272 g/mol. The van der Waals surface area contributed by atoms with Crippen LogP contribution in [-0.2, 0) is 13.0 Å². The van der Waals surface area contributed by atoms with Crippen LogP contribution >= 0.6 is 11.6 Å². The third-order valence-electron chi connectivity index (χ3n) is 3.59. The molecule has 2 aromatic rings. The molecule has 0 unspecified atom stereocenters. The summed E-state index contributed by atoms with van der Waals surface area (Å²) in [6, 6.07) is 12.6. The number of nitrogens with one attached hydrogen (secondary N) is 2. The van der Waals surface area contributed by atoms with E-state index in [4.69, 9.17) is 11.6 Å². The van der Waals surface area contributed by atoms with E-state index in [1.54, 1.807) is 0 Å². The Balaban J connectivity index is 1.76. The molecular weight excluding hydrogens is 256 g/mol. The third kappa shape index (κ3) is 2.54. The Kier molecular flexibility index (Phi) is 3.34. The number of fused-ring (bicyclic) bond motifs is 1. The van der Waals surface area contributed by atoms with Crippen LogP contribution in [0.1, 0.15) is 16.7 Å². The summed E-state index contributed by atoms with van der Waals surface area (Å²) in [6.45, 7) is 3.87. The molecule has 0 spiro atoms. The number of aryl methyl sites for hydroxylation is 1. The van der Waals surface area contributed by atoms with Gasteiger partial charge in [0.05, 0.1) is 0 Å². The van der Waals surface area contributed by atoms with E-state index in [9.17, 15) is 0 Å². The van der Waals surface area contributed by atoms with Crippen molar-refractivity contribution in [1.29, 1.82) is 0 Å². The summed E-state index contributed by atoms with van der Waals surface area (Å²) in [5.74, 6) is 0. The van der Waals surface area contributed by atoms with Crippen LogP contribution in [0, 0.1) is 6.92 Å². The largest absolute Gasteiger partial charge is 0.384 e. The molecule has 0 bridgehead atoms. The Labute approximate surface area is 118 Å². The molecule has 1 aliphatic heterocycles. The van der Waals surface area contributed by atoms with Crippen molar-refractivity contribution in [3.63, 3.8) is 0 Å². The average molecular weight is 273 g/mol. The van der Waals surface area contributed by atoms with Crippen molar-refractivity contribution >= 4 is 23.0 Å². The van der Waals surface area contributed by atoms with Gasteiger partial charge in [-0.2, -0.15) is 0 Å². The summed E-state index contributed by atoms with van der Waals surface area (Å²) in [5, 5.41) is 7.70. The second kappa shape index (κ2) is 5.14. The van der Waals surface area contributed by atoms with Gasteiger partial charge >= 0.3 is 0 Å². The molecule has 1 aliphatic rings. The van der Waals surface area contributed by atoms with Crippen LogP contribution in [0.25, 0.3) is 0 Å². The van der Waals surface area contributed by atoms with Crippen molar-refractivity contribution < 1.29 is 0 Å². The number of anilines is 2. The zero-order valence-electron chi connectivity index (χ0n) is 11.0. The summed E-state index contributed by atoms with van der Waals surface area (Å²) in [7, 11) is 0. The highest BCUT2D eigenvalue weighted by molar-refractivity contribution is 6.31. The smallest absolute Gasteiger partial charge is 0.0455 e. The van der Waals surface area contributed by atoms with Crippen molar-refractivity contribution in [2.45, 2.75) is 19.9 Å². The quantitative estimate of drug-likeness (QED) is 0.874. The van der Waals surface area contributed by atoms with E-state index in [1.165, 1.54) is 16.8 Å². The number of hydrogen-bond acceptors (Lipinski definition) is 2. The molecule has 2 N–H and O–H groups in total. The number of benzene rings is 2. The van der Waals surface area contributed by atoms with Gasteiger partial charge in [-0.05, 0) is 42.2 Å². The molecule has 0 aliphatic carbocycles. The molecule has 0 saturated heterocycles. The third-order valence-corrected chi connectivity index (χ3v) is 4.00. The van der Waals surface area contributed by atoms with Crippen LogP contribution in [0.15, 0.2) is 36.4 Å². The SMILES string of the molecule is Cc1ccc(NCc2cccc3c2NCC3)cc1Cl. The lowest BCUT2D eigenvalue weighted by atomic mass is 10.1. The second-order valence-corrected chi connectivity index (χ2v) is 5.35. The molecule has 0 fully saturated rings. The summed E-state index contributed by atoms with van der Waals surface area (Å²) < 4.78 is 0. The zero-order chi connectivity index (χ0) is 13.2. The van der Waals surface area contributed by atoms with Gasteiger partial charge in [0, 0.05) is 29.5 Å². The maximum Gasteiger partial charge on any atom is 0.0455 e. The van der Waals surface area contributed by atoms with E-state index in [-0.39, 0.29) is 0 Å². The van der Waals surface area contributed by atoms with Crippen LogP contribution in [0.4, 0.5) is 11.4 Å². The normalized spacial score (nSPS) is 12.9. The van der Waals surface area contributed by atoms with Gasteiger partial charge in [0.15, 0.2) is 0 Å². The number of halogens is 1. The summed E-state index contributed by atoms with van der Waals surface area (Å²) in [4.78, 5) is 0. The fraction of sp³-hybridized carbons (Fsp3) is 0.250. The van der Waals surface area contributed by atoms with Crippen molar-refractivity contribution in [3.05, 3.63) is 58.1 Å². The predicted molar refractivity (Wildman–Crippen MR) is 82.2 cm³/mol. The highest BCUT2D eigenvalue weighted by Gasteiger charge is 2.13. The lowest BCUT2D eigenvalue weighted by Gasteiger charge is -2.11. The first-order valence-corrected chi connectivity index (χ1v) is 6.96. The molecule has 19 heavy (non-hydrogen) atoms. The van der Waals surface area contributed by atoms with E-state index in [1.807, 2.05) is 19.1 Å². The second-order valence-electron chi connectivity index (χ2n) is 4.95. The van der Waals surface area contributed by atoms with Gasteiger partial charge in [-0.25, -0.2) is 0 Å². The van der Waals surface area contributed by atoms with Gasteiger partial charge in [-0.15, -0.1) is 0 Å². The van der Waals surface area contributed by atoms with Crippen LogP contribution in [-0.4, -0.2) is 6.54 Å². The molecule has 0 radical (unpaired) electrons. The van der Waals surface area contributed by atoms with Crippen LogP contribution < -0.4 is 10.6 Å². The molecular formula is C16H17ClN2. The van der Waals surface area contributed by atoms with Crippen molar-refractivity contribution in [3.8, 4) is 0 Å². The van der Waals surface area contributed by atoms with Crippen molar-refractivity contribution in [2.75, 3.05) is 17.2 Å². The van der Waals surface area contributed by atoms with Crippen molar-refractivity contribution in [2.24, 2.45) is 0 Å². The first kappa shape index (κ1) is 12.4. The Bertz CT molecular complexity index is 608. The topological polar surface area (TPSA) is 24.1 Å². The lowest BCUT2D eigenvalue weighted by molar-refractivity contribution is 1.11. The Morgan fingerprint density at radius 3 is 3.00 bits per heavy atom. The van der Waals surface area contributed by atoms with E-state index in [2.05, 4.69) is 34.9 Å². The van der Waals surface area contributed by atoms with Gasteiger partial charge < -0.3 is 10.6 Å². The molecule has 0 amide bonds. The van der Waals surface area contributed by atoms with E-state index >= 15 is 0 Å². The zero-order valence-corrected chi connectivity index (χ0v) is 11.7. The minimum absolute atomic E-state index is 0.807. The van der Waals surface area contributed by atoms with E-state index < -0.39 is 0 Å². The molecule has 3 rings (SSSR count). The van der Waals surface area contributed by atoms with Crippen LogP contribution in [0.5, 0.6) is 0 Å². The molecule has 98 valence electrons. The molecule has 3 heteroatoms. The Morgan fingerprint density at radius 2 is 2.16 bits per heavy atom. The number of rotatable bonds is 3. The molecule has 1 heterocycles. The van der Waals surface area contributed by atoms with Crippen molar-refractivity contribution in [1.82, 2.24) is 0 Å². The van der Waals surface area contributed by atoms with Gasteiger partial charge in [0.2, 0.25) is 0 Å². The standard InChI is InChI=1S/C16H17ClN2/c1-11-5-6-14(9-15(11)17)19-10-13-4-2-3-12-7-8-18-16(12)13/h2-6,9,18-19H,7-8,10H2,1H3. The number of para-hydroxylation sites is 1. The highest BCUT2D eigenvalue weighted by atomic mass is 35.5. The fourth-order valence-corrected chi connectivity index (χ4v) is 2.64. The predicted octanol–water partition coefficient (Wildman–Crippen LogP) is 4.23. The Morgan fingerprint density at radius 1 is 1.26 bits per heavy atom. The van der Waals surface area contributed by atoms with E-state index in [0.29, 0.717) is 0 Å². The highest BCUT2D eigenvalue weighted by Crippen LogP contribution is 2.27. The molecule has 0 saturated carbocycles. The fourth-order valence-electron chi connectivity index (χ4n) is 2.46. The maximum absolute atomic E-state index is 6.14. The van der Waals surface area contributed by atoms with Crippen LogP contribution in [0.3, 0.4) is 0 Å². The van der Waals surface area contributed by atoms with Gasteiger partial charge in [-0.3, -0.25) is 0 Å². The van der Waals surface area contributed by atoms with E-state index in [0.717, 1.165) is 35.8 Å².